The van der Waals surface area contributed by atoms with Crippen LogP contribution in [0.4, 0.5) is 0 Å². The Morgan fingerprint density at radius 2 is 2.00 bits per heavy atom. The lowest BCUT2D eigenvalue weighted by Gasteiger charge is -2.13. The lowest BCUT2D eigenvalue weighted by atomic mass is 10.1. The van der Waals surface area contributed by atoms with Crippen LogP contribution < -0.4 is 5.32 Å². The summed E-state index contributed by atoms with van der Waals surface area (Å²) in [6, 6.07) is 7.31. The Bertz CT molecular complexity index is 539. The summed E-state index contributed by atoms with van der Waals surface area (Å²) >= 11 is 0. The highest BCUT2D eigenvalue weighted by Gasteiger charge is 2.23. The number of aromatic amines is 1. The largest absolute Gasteiger partial charge is 0.479 e. The van der Waals surface area contributed by atoms with Gasteiger partial charge in [-0.05, 0) is 5.56 Å². The number of hydrogen-bond acceptors (Lipinski definition) is 4. The minimum atomic E-state index is -1.14. The van der Waals surface area contributed by atoms with Crippen LogP contribution >= 0.6 is 0 Å². The molecule has 0 saturated carbocycles. The molecule has 0 aliphatic carbocycles. The molecule has 1 amide bonds. The van der Waals surface area contributed by atoms with Crippen LogP contribution in [0.25, 0.3) is 0 Å². The van der Waals surface area contributed by atoms with Crippen LogP contribution in [-0.2, 0) is 4.79 Å². The SMILES string of the molecule is O=C(NC(C(=O)O)c1ccccc1)c1cn[nH]n1. The molecular formula is C11H10N4O3. The molecule has 7 heteroatoms. The van der Waals surface area contributed by atoms with Gasteiger partial charge in [0.1, 0.15) is 0 Å². The standard InChI is InChI=1S/C11H10N4O3/c16-10(8-6-12-15-14-8)13-9(11(17)18)7-4-2-1-3-5-7/h1-6,9H,(H,13,16)(H,17,18)(H,12,14,15). The Morgan fingerprint density at radius 3 is 2.56 bits per heavy atom. The van der Waals surface area contributed by atoms with Crippen molar-refractivity contribution in [2.45, 2.75) is 6.04 Å². The van der Waals surface area contributed by atoms with Crippen LogP contribution in [0, 0.1) is 0 Å². The van der Waals surface area contributed by atoms with Gasteiger partial charge in [0.25, 0.3) is 5.91 Å². The third-order valence-corrected chi connectivity index (χ3v) is 2.30. The molecule has 92 valence electrons. The number of rotatable bonds is 4. The van der Waals surface area contributed by atoms with Crippen LogP contribution in [0.5, 0.6) is 0 Å². The second kappa shape index (κ2) is 5.09. The number of benzene rings is 1. The van der Waals surface area contributed by atoms with Crippen molar-refractivity contribution >= 4 is 11.9 Å². The van der Waals surface area contributed by atoms with Crippen molar-refractivity contribution in [1.29, 1.82) is 0 Å². The van der Waals surface area contributed by atoms with E-state index in [1.807, 2.05) is 0 Å². The molecule has 0 spiro atoms. The molecular weight excluding hydrogens is 236 g/mol. The number of aromatic nitrogens is 3. The van der Waals surface area contributed by atoms with E-state index in [0.29, 0.717) is 5.56 Å². The van der Waals surface area contributed by atoms with E-state index in [9.17, 15) is 9.59 Å². The van der Waals surface area contributed by atoms with Gasteiger partial charge in [0.05, 0.1) is 6.20 Å². The van der Waals surface area contributed by atoms with Gasteiger partial charge in [0.2, 0.25) is 0 Å². The lowest BCUT2D eigenvalue weighted by Crippen LogP contribution is -2.33. The predicted octanol–water partition coefficient (Wildman–Crippen LogP) is 0.360. The van der Waals surface area contributed by atoms with Crippen LogP contribution in [0.1, 0.15) is 22.1 Å². The molecule has 2 aromatic rings. The molecule has 1 unspecified atom stereocenters. The number of H-pyrrole nitrogens is 1. The van der Waals surface area contributed by atoms with Crippen molar-refractivity contribution in [3.63, 3.8) is 0 Å². The van der Waals surface area contributed by atoms with E-state index in [-0.39, 0.29) is 5.69 Å². The fourth-order valence-electron chi connectivity index (χ4n) is 1.45. The molecule has 7 nitrogen and oxygen atoms in total. The molecule has 18 heavy (non-hydrogen) atoms. The molecule has 0 fully saturated rings. The van der Waals surface area contributed by atoms with Gasteiger partial charge in [-0.1, -0.05) is 30.3 Å². The molecule has 2 rings (SSSR count). The van der Waals surface area contributed by atoms with E-state index in [4.69, 9.17) is 5.11 Å². The van der Waals surface area contributed by atoms with Gasteiger partial charge in [0.15, 0.2) is 11.7 Å². The molecule has 1 aromatic heterocycles. The van der Waals surface area contributed by atoms with Crippen LogP contribution in [-0.4, -0.2) is 32.4 Å². The maximum atomic E-state index is 11.7. The van der Waals surface area contributed by atoms with E-state index in [2.05, 4.69) is 20.7 Å². The van der Waals surface area contributed by atoms with Crippen molar-refractivity contribution < 1.29 is 14.7 Å². The Labute approximate surface area is 102 Å². The highest BCUT2D eigenvalue weighted by molar-refractivity contribution is 5.94. The van der Waals surface area contributed by atoms with Gasteiger partial charge < -0.3 is 10.4 Å². The normalized spacial score (nSPS) is 11.8. The molecule has 0 aliphatic rings. The highest BCUT2D eigenvalue weighted by atomic mass is 16.4. The fourth-order valence-corrected chi connectivity index (χ4v) is 1.45. The van der Waals surface area contributed by atoms with Crippen LogP contribution in [0.2, 0.25) is 0 Å². The van der Waals surface area contributed by atoms with Gasteiger partial charge in [-0.3, -0.25) is 4.79 Å². The second-order valence-corrected chi connectivity index (χ2v) is 3.51. The Balaban J connectivity index is 2.18. The van der Waals surface area contributed by atoms with E-state index < -0.39 is 17.9 Å². The molecule has 0 bridgehead atoms. The van der Waals surface area contributed by atoms with Gasteiger partial charge in [-0.25, -0.2) is 4.79 Å². The summed E-state index contributed by atoms with van der Waals surface area (Å²) in [7, 11) is 0. The summed E-state index contributed by atoms with van der Waals surface area (Å²) in [5, 5.41) is 20.8. The van der Waals surface area contributed by atoms with E-state index in [1.165, 1.54) is 6.20 Å². The summed E-state index contributed by atoms with van der Waals surface area (Å²) < 4.78 is 0. The third kappa shape index (κ3) is 2.51. The zero-order chi connectivity index (χ0) is 13.0. The number of amides is 1. The number of nitrogens with one attached hydrogen (secondary N) is 2. The van der Waals surface area contributed by atoms with Crippen molar-refractivity contribution in [2.24, 2.45) is 0 Å². The van der Waals surface area contributed by atoms with Crippen molar-refractivity contribution in [1.82, 2.24) is 20.7 Å². The topological polar surface area (TPSA) is 108 Å². The van der Waals surface area contributed by atoms with Crippen LogP contribution in [0.3, 0.4) is 0 Å². The van der Waals surface area contributed by atoms with Gasteiger partial charge >= 0.3 is 5.97 Å². The summed E-state index contributed by atoms with van der Waals surface area (Å²) in [6.07, 6.45) is 1.22. The first-order chi connectivity index (χ1) is 8.68. The predicted molar refractivity (Wildman–Crippen MR) is 60.7 cm³/mol. The summed E-state index contributed by atoms with van der Waals surface area (Å²) in [5.74, 6) is -1.74. The molecule has 1 atom stereocenters. The summed E-state index contributed by atoms with van der Waals surface area (Å²) in [4.78, 5) is 22.8. The molecule has 1 aromatic carbocycles. The van der Waals surface area contributed by atoms with Gasteiger partial charge in [-0.15, -0.1) is 0 Å². The average molecular weight is 246 g/mol. The van der Waals surface area contributed by atoms with E-state index >= 15 is 0 Å². The zero-order valence-electron chi connectivity index (χ0n) is 9.20. The number of carboxylic acid groups (broad SMARTS) is 1. The number of aliphatic carboxylic acids is 1. The number of hydrogen-bond donors (Lipinski definition) is 3. The first-order valence-corrected chi connectivity index (χ1v) is 5.13. The van der Waals surface area contributed by atoms with Crippen molar-refractivity contribution in [3.05, 3.63) is 47.8 Å². The molecule has 3 N–H and O–H groups in total. The minimum absolute atomic E-state index is 0.0391. The Kier molecular flexibility index (Phi) is 3.33. The van der Waals surface area contributed by atoms with Crippen LogP contribution in [0.15, 0.2) is 36.5 Å². The minimum Gasteiger partial charge on any atom is -0.479 e. The maximum absolute atomic E-state index is 11.7. The van der Waals surface area contributed by atoms with Gasteiger partial charge in [-0.2, -0.15) is 15.4 Å². The van der Waals surface area contributed by atoms with E-state index in [1.54, 1.807) is 30.3 Å². The monoisotopic (exact) mass is 246 g/mol. The zero-order valence-corrected chi connectivity index (χ0v) is 9.20. The highest BCUT2D eigenvalue weighted by Crippen LogP contribution is 2.13. The molecule has 0 saturated heterocycles. The molecule has 0 radical (unpaired) electrons. The van der Waals surface area contributed by atoms with Crippen molar-refractivity contribution in [3.8, 4) is 0 Å². The lowest BCUT2D eigenvalue weighted by molar-refractivity contribution is -0.139. The Morgan fingerprint density at radius 1 is 1.28 bits per heavy atom. The summed E-state index contributed by atoms with van der Waals surface area (Å²) in [6.45, 7) is 0. The van der Waals surface area contributed by atoms with Crippen molar-refractivity contribution in [2.75, 3.05) is 0 Å². The third-order valence-electron chi connectivity index (χ3n) is 2.30. The summed E-state index contributed by atoms with van der Waals surface area (Å²) in [5.41, 5.74) is 0.527. The molecule has 0 aliphatic heterocycles. The van der Waals surface area contributed by atoms with Gasteiger partial charge in [0, 0.05) is 0 Å². The first kappa shape index (κ1) is 11.8. The maximum Gasteiger partial charge on any atom is 0.330 e. The number of carbonyl (C=O) groups is 2. The first-order valence-electron chi connectivity index (χ1n) is 5.13. The quantitative estimate of drug-likeness (QED) is 0.721. The Hall–Kier alpha value is -2.70. The smallest absolute Gasteiger partial charge is 0.330 e. The fraction of sp³-hybridized carbons (Fsp3) is 0.0909. The second-order valence-electron chi connectivity index (χ2n) is 3.51. The number of carbonyl (C=O) groups excluding carboxylic acids is 1. The van der Waals surface area contributed by atoms with E-state index in [0.717, 1.165) is 0 Å². The number of carboxylic acids is 1. The molecule has 1 heterocycles. The average Bonchev–Trinajstić information content (AvgIpc) is 2.90. The number of nitrogens with zero attached hydrogens (tertiary/aromatic N) is 2.